The van der Waals surface area contributed by atoms with Gasteiger partial charge in [0, 0.05) is 0 Å². The monoisotopic (exact) mass is 254 g/mol. The third kappa shape index (κ3) is 3.45. The first-order valence-corrected chi connectivity index (χ1v) is 6.77. The van der Waals surface area contributed by atoms with E-state index >= 15 is 0 Å². The maximum atomic E-state index is 10.6. The molecule has 0 radical (unpaired) electrons. The summed E-state index contributed by atoms with van der Waals surface area (Å²) in [5.74, 6) is 0. The molecule has 19 heavy (non-hydrogen) atoms. The summed E-state index contributed by atoms with van der Waals surface area (Å²) in [4.78, 5) is 0. The van der Waals surface area contributed by atoms with E-state index in [1.807, 2.05) is 30.3 Å². The highest BCUT2D eigenvalue weighted by molar-refractivity contribution is 5.25. The molecule has 0 aliphatic heterocycles. The molecule has 0 unspecified atom stereocenters. The minimum atomic E-state index is -0.451. The molecule has 100 valence electrons. The minimum absolute atomic E-state index is 0.184. The molecule has 1 atom stereocenters. The predicted octanol–water partition coefficient (Wildman–Crippen LogP) is 4.30. The van der Waals surface area contributed by atoms with Crippen LogP contribution in [0.3, 0.4) is 0 Å². The van der Waals surface area contributed by atoms with Gasteiger partial charge in [-0.05, 0) is 29.9 Å². The quantitative estimate of drug-likeness (QED) is 0.862. The summed E-state index contributed by atoms with van der Waals surface area (Å²) in [6.07, 6.45) is 0.413. The fourth-order valence-corrected chi connectivity index (χ4v) is 2.42. The zero-order valence-corrected chi connectivity index (χ0v) is 11.9. The van der Waals surface area contributed by atoms with Crippen molar-refractivity contribution in [1.82, 2.24) is 0 Å². The van der Waals surface area contributed by atoms with Gasteiger partial charge in [-0.2, -0.15) is 0 Å². The molecule has 0 fully saturated rings. The predicted molar refractivity (Wildman–Crippen MR) is 80.1 cm³/mol. The molecular weight excluding hydrogens is 232 g/mol. The van der Waals surface area contributed by atoms with Gasteiger partial charge in [0.25, 0.3) is 0 Å². The third-order valence-electron chi connectivity index (χ3n) is 3.64. The van der Waals surface area contributed by atoms with Crippen LogP contribution in [0.4, 0.5) is 0 Å². The maximum absolute atomic E-state index is 10.6. The van der Waals surface area contributed by atoms with Gasteiger partial charge >= 0.3 is 0 Å². The van der Waals surface area contributed by atoms with Gasteiger partial charge in [0.2, 0.25) is 0 Å². The van der Waals surface area contributed by atoms with E-state index in [2.05, 4.69) is 45.0 Å². The van der Waals surface area contributed by atoms with Crippen LogP contribution in [0.2, 0.25) is 0 Å². The van der Waals surface area contributed by atoms with Crippen molar-refractivity contribution < 1.29 is 5.11 Å². The van der Waals surface area contributed by atoms with Gasteiger partial charge in [-0.15, -0.1) is 0 Å². The first-order valence-electron chi connectivity index (χ1n) is 6.77. The highest BCUT2D eigenvalue weighted by Gasteiger charge is 2.29. The van der Waals surface area contributed by atoms with Crippen LogP contribution < -0.4 is 0 Å². The lowest BCUT2D eigenvalue weighted by Gasteiger charge is -2.31. The molecule has 1 nitrogen and oxygen atoms in total. The zero-order valence-electron chi connectivity index (χ0n) is 11.9. The molecule has 2 aromatic carbocycles. The van der Waals surface area contributed by atoms with Crippen LogP contribution in [0.25, 0.3) is 0 Å². The van der Waals surface area contributed by atoms with Crippen molar-refractivity contribution in [1.29, 1.82) is 0 Å². The molecule has 0 spiro atoms. The Bertz CT molecular complexity index is 511. The van der Waals surface area contributed by atoms with E-state index in [-0.39, 0.29) is 5.41 Å². The average Bonchev–Trinajstić information content (AvgIpc) is 2.39. The van der Waals surface area contributed by atoms with Crippen LogP contribution in [0.5, 0.6) is 0 Å². The average molecular weight is 254 g/mol. The van der Waals surface area contributed by atoms with E-state index in [1.165, 1.54) is 11.1 Å². The summed E-state index contributed by atoms with van der Waals surface area (Å²) in [6, 6.07) is 18.5. The summed E-state index contributed by atoms with van der Waals surface area (Å²) in [5.41, 5.74) is 3.29. The number of aliphatic hydroxyl groups excluding tert-OH is 1. The molecule has 1 N–H and O–H groups in total. The summed E-state index contributed by atoms with van der Waals surface area (Å²) in [7, 11) is 0. The van der Waals surface area contributed by atoms with Crippen molar-refractivity contribution in [3.8, 4) is 0 Å². The first kappa shape index (κ1) is 13.8. The van der Waals surface area contributed by atoms with Crippen LogP contribution in [-0.4, -0.2) is 5.11 Å². The Kier molecular flexibility index (Phi) is 4.06. The Morgan fingerprint density at radius 3 is 2.11 bits per heavy atom. The fraction of sp³-hybridized carbons (Fsp3) is 0.333. The third-order valence-corrected chi connectivity index (χ3v) is 3.64. The number of hydrogen-bond acceptors (Lipinski definition) is 1. The molecule has 2 rings (SSSR count). The summed E-state index contributed by atoms with van der Waals surface area (Å²) in [6.45, 7) is 6.29. The van der Waals surface area contributed by atoms with E-state index < -0.39 is 6.10 Å². The lowest BCUT2D eigenvalue weighted by molar-refractivity contribution is 0.0494. The van der Waals surface area contributed by atoms with Gasteiger partial charge in [-0.3, -0.25) is 0 Å². The van der Waals surface area contributed by atoms with Crippen molar-refractivity contribution in [3.05, 3.63) is 71.3 Å². The normalized spacial score (nSPS) is 13.3. The van der Waals surface area contributed by atoms with E-state index in [0.29, 0.717) is 0 Å². The standard InChI is InChI=1S/C18H22O/c1-14-9-11-16(12-10-14)17(19)18(2,3)13-15-7-5-4-6-8-15/h4-12,17,19H,13H2,1-3H3/t17-/m1/s1. The van der Waals surface area contributed by atoms with Gasteiger partial charge in [0.05, 0.1) is 6.10 Å². The SMILES string of the molecule is Cc1ccc([C@@H](O)C(C)(C)Cc2ccccc2)cc1. The molecule has 0 aliphatic rings. The van der Waals surface area contributed by atoms with E-state index in [1.54, 1.807) is 0 Å². The molecular formula is C18H22O. The van der Waals surface area contributed by atoms with Crippen molar-refractivity contribution in [2.75, 3.05) is 0 Å². The van der Waals surface area contributed by atoms with Gasteiger partial charge in [0.1, 0.15) is 0 Å². The summed E-state index contributed by atoms with van der Waals surface area (Å²) >= 11 is 0. The summed E-state index contributed by atoms with van der Waals surface area (Å²) < 4.78 is 0. The summed E-state index contributed by atoms with van der Waals surface area (Å²) in [5, 5.41) is 10.6. The van der Waals surface area contributed by atoms with Gasteiger partial charge in [-0.25, -0.2) is 0 Å². The molecule has 2 aromatic rings. The maximum Gasteiger partial charge on any atom is 0.0844 e. The second-order valence-electron chi connectivity index (χ2n) is 5.96. The largest absolute Gasteiger partial charge is 0.388 e. The zero-order chi connectivity index (χ0) is 13.9. The van der Waals surface area contributed by atoms with Crippen molar-refractivity contribution in [3.63, 3.8) is 0 Å². The Labute approximate surface area is 115 Å². The van der Waals surface area contributed by atoms with Gasteiger partial charge in [0.15, 0.2) is 0 Å². The lowest BCUT2D eigenvalue weighted by atomic mass is 9.77. The topological polar surface area (TPSA) is 20.2 Å². The molecule has 0 heterocycles. The van der Waals surface area contributed by atoms with Crippen LogP contribution in [0, 0.1) is 12.3 Å². The fourth-order valence-electron chi connectivity index (χ4n) is 2.42. The first-order chi connectivity index (χ1) is 8.99. The number of aliphatic hydroxyl groups is 1. The minimum Gasteiger partial charge on any atom is -0.388 e. The number of aryl methyl sites for hydroxylation is 1. The van der Waals surface area contributed by atoms with Crippen LogP contribution in [0.15, 0.2) is 54.6 Å². The molecule has 0 saturated heterocycles. The molecule has 0 bridgehead atoms. The van der Waals surface area contributed by atoms with Crippen LogP contribution in [-0.2, 0) is 6.42 Å². The van der Waals surface area contributed by atoms with Crippen molar-refractivity contribution in [2.45, 2.75) is 33.3 Å². The van der Waals surface area contributed by atoms with Crippen molar-refractivity contribution >= 4 is 0 Å². The smallest absolute Gasteiger partial charge is 0.0844 e. The Balaban J connectivity index is 2.16. The number of benzene rings is 2. The Hall–Kier alpha value is -1.60. The molecule has 0 amide bonds. The van der Waals surface area contributed by atoms with E-state index in [4.69, 9.17) is 0 Å². The lowest BCUT2D eigenvalue weighted by Crippen LogP contribution is -2.24. The number of hydrogen-bond donors (Lipinski definition) is 1. The van der Waals surface area contributed by atoms with Crippen molar-refractivity contribution in [2.24, 2.45) is 5.41 Å². The van der Waals surface area contributed by atoms with Crippen LogP contribution >= 0.6 is 0 Å². The molecule has 1 heteroatoms. The van der Waals surface area contributed by atoms with E-state index in [9.17, 15) is 5.11 Å². The number of rotatable bonds is 4. The van der Waals surface area contributed by atoms with Gasteiger partial charge < -0.3 is 5.11 Å². The molecule has 0 aliphatic carbocycles. The van der Waals surface area contributed by atoms with Gasteiger partial charge in [-0.1, -0.05) is 74.0 Å². The molecule has 0 aromatic heterocycles. The highest BCUT2D eigenvalue weighted by atomic mass is 16.3. The Morgan fingerprint density at radius 1 is 0.947 bits per heavy atom. The highest BCUT2D eigenvalue weighted by Crippen LogP contribution is 2.36. The second kappa shape index (κ2) is 5.58. The second-order valence-corrected chi connectivity index (χ2v) is 5.96. The Morgan fingerprint density at radius 2 is 1.53 bits per heavy atom. The molecule has 0 saturated carbocycles. The van der Waals surface area contributed by atoms with E-state index in [0.717, 1.165) is 12.0 Å². The van der Waals surface area contributed by atoms with Crippen LogP contribution in [0.1, 0.15) is 36.6 Å².